The van der Waals surface area contributed by atoms with E-state index in [1.165, 1.54) is 16.8 Å². The van der Waals surface area contributed by atoms with Gasteiger partial charge in [-0.15, -0.1) is 11.3 Å². The van der Waals surface area contributed by atoms with Crippen molar-refractivity contribution in [3.8, 4) is 10.6 Å². The van der Waals surface area contributed by atoms with Gasteiger partial charge in [0.15, 0.2) is 5.69 Å². The molecule has 2 heterocycles. The molecule has 0 atom stereocenters. The predicted molar refractivity (Wildman–Crippen MR) is 56.0 cm³/mol. The number of imidazole rings is 1. The van der Waals surface area contributed by atoms with E-state index in [9.17, 15) is 4.79 Å². The van der Waals surface area contributed by atoms with Crippen molar-refractivity contribution in [2.75, 3.05) is 0 Å². The lowest BCUT2D eigenvalue weighted by Gasteiger charge is -2.01. The standard InChI is InChI=1S/C9H9N3O2S/c1-5-10-3-6(12(5)2)8-7(9(13)14)11-4-15-8/h3-4H,1-2H3,(H,13,14). The lowest BCUT2D eigenvalue weighted by atomic mass is 10.3. The average molecular weight is 223 g/mol. The van der Waals surface area contributed by atoms with Crippen molar-refractivity contribution in [2.24, 2.45) is 7.05 Å². The van der Waals surface area contributed by atoms with Crippen molar-refractivity contribution >= 4 is 17.3 Å². The van der Waals surface area contributed by atoms with E-state index in [1.807, 2.05) is 18.5 Å². The topological polar surface area (TPSA) is 68.0 Å². The molecular weight excluding hydrogens is 214 g/mol. The maximum absolute atomic E-state index is 10.9. The van der Waals surface area contributed by atoms with Crippen LogP contribution in [0.5, 0.6) is 0 Å². The molecule has 6 heteroatoms. The summed E-state index contributed by atoms with van der Waals surface area (Å²) in [6.07, 6.45) is 1.66. The molecule has 0 aliphatic rings. The van der Waals surface area contributed by atoms with Crippen LogP contribution in [-0.2, 0) is 7.05 Å². The Morgan fingerprint density at radius 3 is 2.80 bits per heavy atom. The second-order valence-corrected chi connectivity index (χ2v) is 3.94. The third-order valence-corrected chi connectivity index (χ3v) is 3.07. The van der Waals surface area contributed by atoms with E-state index >= 15 is 0 Å². The van der Waals surface area contributed by atoms with Crippen molar-refractivity contribution in [3.63, 3.8) is 0 Å². The molecular formula is C9H9N3O2S. The summed E-state index contributed by atoms with van der Waals surface area (Å²) in [5, 5.41) is 8.93. The van der Waals surface area contributed by atoms with Crippen molar-refractivity contribution in [1.82, 2.24) is 14.5 Å². The van der Waals surface area contributed by atoms with Crippen LogP contribution in [0.3, 0.4) is 0 Å². The molecule has 0 saturated heterocycles. The molecule has 0 radical (unpaired) electrons. The number of carboxylic acid groups (broad SMARTS) is 1. The molecule has 0 bridgehead atoms. The smallest absolute Gasteiger partial charge is 0.356 e. The lowest BCUT2D eigenvalue weighted by Crippen LogP contribution is -2.01. The fraction of sp³-hybridized carbons (Fsp3) is 0.222. The largest absolute Gasteiger partial charge is 0.476 e. The van der Waals surface area contributed by atoms with E-state index in [4.69, 9.17) is 5.11 Å². The molecule has 5 nitrogen and oxygen atoms in total. The molecule has 0 saturated carbocycles. The number of aryl methyl sites for hydroxylation is 1. The predicted octanol–water partition coefficient (Wildman–Crippen LogP) is 1.55. The SMILES string of the molecule is Cc1ncc(-c2scnc2C(=O)O)n1C. The summed E-state index contributed by atoms with van der Waals surface area (Å²) in [4.78, 5) is 19.5. The van der Waals surface area contributed by atoms with Gasteiger partial charge in [-0.1, -0.05) is 0 Å². The summed E-state index contributed by atoms with van der Waals surface area (Å²) in [5.41, 5.74) is 2.40. The van der Waals surface area contributed by atoms with Gasteiger partial charge in [0, 0.05) is 7.05 Å². The quantitative estimate of drug-likeness (QED) is 0.838. The Bertz CT molecular complexity index is 515. The molecule has 0 aromatic carbocycles. The third kappa shape index (κ3) is 1.52. The van der Waals surface area contributed by atoms with Gasteiger partial charge in [-0.25, -0.2) is 14.8 Å². The normalized spacial score (nSPS) is 10.5. The van der Waals surface area contributed by atoms with Crippen LogP contribution in [0.1, 0.15) is 16.3 Å². The van der Waals surface area contributed by atoms with E-state index < -0.39 is 5.97 Å². The van der Waals surface area contributed by atoms with Crippen molar-refractivity contribution < 1.29 is 9.90 Å². The zero-order valence-corrected chi connectivity index (χ0v) is 9.08. The van der Waals surface area contributed by atoms with Gasteiger partial charge in [-0.05, 0) is 6.92 Å². The highest BCUT2D eigenvalue weighted by molar-refractivity contribution is 7.13. The van der Waals surface area contributed by atoms with Crippen LogP contribution in [0.2, 0.25) is 0 Å². The maximum atomic E-state index is 10.9. The second-order valence-electron chi connectivity index (χ2n) is 3.08. The number of nitrogens with zero attached hydrogens (tertiary/aromatic N) is 3. The van der Waals surface area contributed by atoms with Crippen LogP contribution >= 0.6 is 11.3 Å². The first kappa shape index (κ1) is 9.85. The van der Waals surface area contributed by atoms with Crippen LogP contribution in [0.15, 0.2) is 11.7 Å². The summed E-state index contributed by atoms with van der Waals surface area (Å²) < 4.78 is 1.85. The maximum Gasteiger partial charge on any atom is 0.356 e. The highest BCUT2D eigenvalue weighted by atomic mass is 32.1. The van der Waals surface area contributed by atoms with Gasteiger partial charge >= 0.3 is 5.97 Å². The molecule has 0 unspecified atom stereocenters. The first-order chi connectivity index (χ1) is 7.11. The summed E-state index contributed by atoms with van der Waals surface area (Å²) >= 11 is 1.31. The third-order valence-electron chi connectivity index (χ3n) is 2.22. The molecule has 2 aromatic rings. The first-order valence-corrected chi connectivity index (χ1v) is 5.14. The molecule has 78 valence electrons. The van der Waals surface area contributed by atoms with E-state index in [0.717, 1.165) is 11.5 Å². The number of thiazole rings is 1. The molecule has 2 rings (SSSR count). The zero-order chi connectivity index (χ0) is 11.0. The Labute approximate surface area is 90.0 Å². The Morgan fingerprint density at radius 1 is 1.53 bits per heavy atom. The van der Waals surface area contributed by atoms with Crippen LogP contribution in [-0.4, -0.2) is 25.6 Å². The van der Waals surface area contributed by atoms with Gasteiger partial charge in [-0.2, -0.15) is 0 Å². The average Bonchev–Trinajstić information content (AvgIpc) is 2.75. The summed E-state index contributed by atoms with van der Waals surface area (Å²) in [6.45, 7) is 1.87. The van der Waals surface area contributed by atoms with Crippen molar-refractivity contribution in [3.05, 3.63) is 23.2 Å². The van der Waals surface area contributed by atoms with Gasteiger partial charge in [0.25, 0.3) is 0 Å². The Morgan fingerprint density at radius 2 is 2.27 bits per heavy atom. The summed E-state index contributed by atoms with van der Waals surface area (Å²) in [6, 6.07) is 0. The van der Waals surface area contributed by atoms with Gasteiger partial charge in [0.05, 0.1) is 22.3 Å². The number of aromatic carboxylic acids is 1. The van der Waals surface area contributed by atoms with Crippen LogP contribution < -0.4 is 0 Å². The molecule has 15 heavy (non-hydrogen) atoms. The highest BCUT2D eigenvalue weighted by Gasteiger charge is 2.17. The second kappa shape index (κ2) is 3.47. The number of rotatable bonds is 2. The minimum Gasteiger partial charge on any atom is -0.476 e. The van der Waals surface area contributed by atoms with E-state index in [0.29, 0.717) is 4.88 Å². The molecule has 1 N–H and O–H groups in total. The van der Waals surface area contributed by atoms with Gasteiger partial charge in [-0.3, -0.25) is 0 Å². The number of aromatic nitrogens is 3. The highest BCUT2D eigenvalue weighted by Crippen LogP contribution is 2.27. The first-order valence-electron chi connectivity index (χ1n) is 4.26. The molecule has 2 aromatic heterocycles. The Balaban J connectivity index is 2.59. The van der Waals surface area contributed by atoms with Crippen LogP contribution in [0.4, 0.5) is 0 Å². The van der Waals surface area contributed by atoms with Crippen LogP contribution in [0, 0.1) is 6.92 Å². The Kier molecular flexibility index (Phi) is 2.28. The number of hydrogen-bond acceptors (Lipinski definition) is 4. The van der Waals surface area contributed by atoms with Gasteiger partial charge in [0.2, 0.25) is 0 Å². The van der Waals surface area contributed by atoms with E-state index in [-0.39, 0.29) is 5.69 Å². The number of hydrogen-bond donors (Lipinski definition) is 1. The Hall–Kier alpha value is -1.69. The van der Waals surface area contributed by atoms with Crippen molar-refractivity contribution in [1.29, 1.82) is 0 Å². The molecule has 0 aliphatic heterocycles. The van der Waals surface area contributed by atoms with E-state index in [1.54, 1.807) is 6.20 Å². The van der Waals surface area contributed by atoms with Gasteiger partial charge < -0.3 is 9.67 Å². The minimum atomic E-state index is -1.01. The lowest BCUT2D eigenvalue weighted by molar-refractivity contribution is 0.0692. The number of carbonyl (C=O) groups is 1. The molecule has 0 amide bonds. The molecule has 0 aliphatic carbocycles. The summed E-state index contributed by atoms with van der Waals surface area (Å²) in [5.74, 6) is -0.167. The number of carboxylic acids is 1. The molecule has 0 fully saturated rings. The fourth-order valence-electron chi connectivity index (χ4n) is 1.29. The van der Waals surface area contributed by atoms with Gasteiger partial charge in [0.1, 0.15) is 5.82 Å². The summed E-state index contributed by atoms with van der Waals surface area (Å²) in [7, 11) is 1.85. The van der Waals surface area contributed by atoms with Crippen molar-refractivity contribution in [2.45, 2.75) is 6.92 Å². The minimum absolute atomic E-state index is 0.0861. The zero-order valence-electron chi connectivity index (χ0n) is 8.26. The van der Waals surface area contributed by atoms with E-state index in [2.05, 4.69) is 9.97 Å². The monoisotopic (exact) mass is 223 g/mol. The van der Waals surface area contributed by atoms with Crippen LogP contribution in [0.25, 0.3) is 10.6 Å². The fourth-order valence-corrected chi connectivity index (χ4v) is 2.12. The molecule has 0 spiro atoms.